The highest BCUT2D eigenvalue weighted by molar-refractivity contribution is 7.69. The molecule has 23 nitrogen and oxygen atoms in total. The predicted octanol–water partition coefficient (Wildman–Crippen LogP) is 0.554. The minimum absolute atomic E-state index is 0.140. The van der Waals surface area contributed by atoms with Crippen LogP contribution in [0.2, 0.25) is 0 Å². The standard InChI is InChI=1S/C47H73NO17.CH3O5P/c1-27-17-15-13-11-9-7-5-6-8-10-12-14-16-18-34(64-46-44(58)41(48)43(57)30(4)63-46)24-38-40(45(59)60)37(54)26-47(61,65-38)25-36(53)35(52)20-19-31(49)21-32(50)22-33(51)23-39(55)62-29(3)28(2)42(27)56;2-1(3)7(4,5)6/h5-18,27-38,40-44,46,49-54,56-58,61H,19-26,48H2,1-4H3,(H,59,60);(H,2,3)(H2,4,5,6)/b6-5+,9-7+,10-8+,13-11+,14-12+,17-15-,18-16+;/t27-,28-,29-,30+,31?,32?,33?,34-,35?,36?,37?,38?,40?,41-,42+,43+,44-,46-,47+;/m0./s1. The number of fused-ring (bicyclic) bond motifs is 2. The van der Waals surface area contributed by atoms with E-state index in [2.05, 4.69) is 0 Å². The molecule has 8 unspecified atom stereocenters. The van der Waals surface area contributed by atoms with Crippen LogP contribution in [-0.4, -0.2) is 186 Å². The molecule has 2 saturated heterocycles. The van der Waals surface area contributed by atoms with Crippen molar-refractivity contribution in [2.45, 2.75) is 177 Å². The van der Waals surface area contributed by atoms with Gasteiger partial charge in [0.2, 0.25) is 0 Å². The number of aliphatic hydroxyl groups excluding tert-OH is 9. The van der Waals surface area contributed by atoms with E-state index in [1.54, 1.807) is 86.8 Å². The summed E-state index contributed by atoms with van der Waals surface area (Å²) < 4.78 is 32.6. The van der Waals surface area contributed by atoms with Crippen molar-refractivity contribution in [3.05, 3.63) is 85.1 Å². The molecule has 2 fully saturated rings. The van der Waals surface area contributed by atoms with Gasteiger partial charge in [-0.2, -0.15) is 0 Å². The van der Waals surface area contributed by atoms with Crippen LogP contribution >= 0.6 is 7.60 Å². The van der Waals surface area contributed by atoms with E-state index in [-0.39, 0.29) is 38.0 Å². The summed E-state index contributed by atoms with van der Waals surface area (Å²) in [6, 6.07) is -1.15. The van der Waals surface area contributed by atoms with Crippen LogP contribution in [0.3, 0.4) is 0 Å². The Balaban J connectivity index is 0.00000235. The van der Waals surface area contributed by atoms with Crippen molar-refractivity contribution in [1.82, 2.24) is 0 Å². The second kappa shape index (κ2) is 31.2. The molecule has 0 amide bonds. The van der Waals surface area contributed by atoms with Crippen LogP contribution in [0.25, 0.3) is 0 Å². The smallest absolute Gasteiger partial charge is 0.433 e. The molecule has 0 aliphatic carbocycles. The van der Waals surface area contributed by atoms with Crippen LogP contribution in [0.1, 0.15) is 79.1 Å². The summed E-state index contributed by atoms with van der Waals surface area (Å²) in [7, 11) is -4.82. The van der Waals surface area contributed by atoms with E-state index >= 15 is 0 Å². The molecule has 2 bridgehead atoms. The Morgan fingerprint density at radius 2 is 1.17 bits per heavy atom. The monoisotopic (exact) mass is 1050 g/mol. The summed E-state index contributed by atoms with van der Waals surface area (Å²) in [6.07, 6.45) is 3.49. The van der Waals surface area contributed by atoms with Crippen molar-refractivity contribution in [2.75, 3.05) is 0 Å². The minimum atomic E-state index is -4.82. The Hall–Kier alpha value is -3.82. The highest BCUT2D eigenvalue weighted by Gasteiger charge is 2.51. The number of esters is 1. The molecule has 0 aromatic heterocycles. The Labute approximate surface area is 418 Å². The SMILES string of the molecule is C[C@@H]1[C@H](O)[C@@H](C)\C=C/C=C/C=C/C=C/C=C/C=C/C=C/[C@H](O[C@@H]2O[C@H](C)[C@@H](O)[C@H](N)[C@@H]2O)CC2O[C@](O)(CC(O)C(O)CCC(O)CC(O)CC(O)CC(=O)O[C@H]1C)CC(O)C2C(=O)O.O=C(O)P(=O)(O)O. The van der Waals surface area contributed by atoms with Crippen molar-refractivity contribution in [3.63, 3.8) is 0 Å². The zero-order valence-corrected chi connectivity index (χ0v) is 41.6. The number of hydrogen-bond acceptors (Lipinski definition) is 19. The Morgan fingerprint density at radius 1 is 0.667 bits per heavy atom. The van der Waals surface area contributed by atoms with Crippen LogP contribution in [0.4, 0.5) is 4.79 Å². The van der Waals surface area contributed by atoms with E-state index in [0.717, 1.165) is 0 Å². The maximum absolute atomic E-state index is 12.6. The average molecular weight is 1050 g/mol. The molecular weight excluding hydrogens is 973 g/mol. The van der Waals surface area contributed by atoms with Gasteiger partial charge in [-0.15, -0.1) is 0 Å². The van der Waals surface area contributed by atoms with E-state index in [9.17, 15) is 75.1 Å². The van der Waals surface area contributed by atoms with Crippen molar-refractivity contribution < 1.29 is 109 Å². The number of aliphatic carboxylic acids is 1. The highest BCUT2D eigenvalue weighted by Crippen LogP contribution is 2.38. The van der Waals surface area contributed by atoms with Crippen molar-refractivity contribution in [3.8, 4) is 0 Å². The number of hydrogen-bond donors (Lipinski definition) is 15. The number of carboxylic acids is 1. The van der Waals surface area contributed by atoms with Crippen LogP contribution < -0.4 is 5.73 Å². The number of carbonyl (C=O) groups is 3. The van der Waals surface area contributed by atoms with Gasteiger partial charge in [-0.1, -0.05) is 98.9 Å². The lowest BCUT2D eigenvalue weighted by atomic mass is 9.82. The summed E-state index contributed by atoms with van der Waals surface area (Å²) >= 11 is 0. The Bertz CT molecular complexity index is 1940. The number of carboxylic acid groups (broad SMARTS) is 2. The van der Waals surface area contributed by atoms with E-state index < -0.39 is 154 Å². The van der Waals surface area contributed by atoms with Gasteiger partial charge >= 0.3 is 25.2 Å². The molecule has 0 radical (unpaired) electrons. The lowest BCUT2D eigenvalue weighted by molar-refractivity contribution is -0.310. The zero-order valence-electron chi connectivity index (χ0n) is 40.7. The molecule has 16 N–H and O–H groups in total. The normalized spacial score (nSPS) is 42.2. The number of aliphatic hydroxyl groups is 10. The number of carbonyl (C=O) groups excluding carboxylic acids is 1. The summed E-state index contributed by atoms with van der Waals surface area (Å²) in [5, 5.41) is 126. The molecule has 0 saturated carbocycles. The number of nitrogens with two attached hydrogens (primary N) is 1. The maximum atomic E-state index is 12.6. The molecule has 3 aliphatic rings. The molecule has 19 atom stereocenters. The highest BCUT2D eigenvalue weighted by atomic mass is 31.2. The Kier molecular flexibility index (Phi) is 27.8. The van der Waals surface area contributed by atoms with E-state index in [1.807, 2.05) is 13.0 Å². The lowest BCUT2D eigenvalue weighted by Crippen LogP contribution is -2.61. The van der Waals surface area contributed by atoms with Gasteiger partial charge in [-0.3, -0.25) is 9.59 Å². The van der Waals surface area contributed by atoms with Gasteiger partial charge in [0, 0.05) is 31.1 Å². The fourth-order valence-electron chi connectivity index (χ4n) is 7.96. The summed E-state index contributed by atoms with van der Waals surface area (Å²) in [4.78, 5) is 49.6. The topological polar surface area (TPSA) is 414 Å². The molecule has 410 valence electrons. The number of cyclic esters (lactones) is 1. The first-order chi connectivity index (χ1) is 33.6. The van der Waals surface area contributed by atoms with Crippen molar-refractivity contribution >= 4 is 25.2 Å². The van der Waals surface area contributed by atoms with Gasteiger partial charge < -0.3 is 95.7 Å². The first-order valence-electron chi connectivity index (χ1n) is 23.6. The predicted molar refractivity (Wildman–Crippen MR) is 257 cm³/mol. The van der Waals surface area contributed by atoms with Crippen molar-refractivity contribution in [1.29, 1.82) is 0 Å². The van der Waals surface area contributed by atoms with Crippen LogP contribution in [0.5, 0.6) is 0 Å². The van der Waals surface area contributed by atoms with Crippen LogP contribution in [0, 0.1) is 17.8 Å². The van der Waals surface area contributed by atoms with Gasteiger partial charge in [0.15, 0.2) is 12.1 Å². The van der Waals surface area contributed by atoms with Gasteiger partial charge in [0.05, 0.1) is 79.6 Å². The van der Waals surface area contributed by atoms with Crippen LogP contribution in [0.15, 0.2) is 85.1 Å². The molecule has 0 aromatic carbocycles. The van der Waals surface area contributed by atoms with Gasteiger partial charge in [-0.25, -0.2) is 9.36 Å². The quantitative estimate of drug-likeness (QED) is 0.135. The second-order valence-electron chi connectivity index (χ2n) is 18.4. The largest absolute Gasteiger partial charge is 0.481 e. The molecule has 0 spiro atoms. The van der Waals surface area contributed by atoms with Gasteiger partial charge in [0.1, 0.15) is 18.1 Å². The van der Waals surface area contributed by atoms with Crippen LogP contribution in [-0.2, 0) is 33.1 Å². The molecule has 3 heterocycles. The summed E-state index contributed by atoms with van der Waals surface area (Å²) in [6.45, 7) is 6.74. The molecule has 3 rings (SSSR count). The fraction of sp³-hybridized carbons (Fsp3) is 0.646. The summed E-state index contributed by atoms with van der Waals surface area (Å²) in [5.74, 6) is -6.88. The molecule has 72 heavy (non-hydrogen) atoms. The first kappa shape index (κ1) is 64.3. The van der Waals surface area contributed by atoms with E-state index in [4.69, 9.17) is 39.6 Å². The molecule has 0 aromatic rings. The second-order valence-corrected chi connectivity index (χ2v) is 19.9. The van der Waals surface area contributed by atoms with Gasteiger partial charge in [0.25, 0.3) is 0 Å². The summed E-state index contributed by atoms with van der Waals surface area (Å²) in [5.41, 5.74) is 3.93. The number of rotatable bonds is 4. The third-order valence-corrected chi connectivity index (χ3v) is 12.8. The molecular formula is C48H76NO22P. The lowest BCUT2D eigenvalue weighted by Gasteiger charge is -2.45. The number of allylic oxidation sites excluding steroid dienone is 12. The molecule has 3 aliphatic heterocycles. The fourth-order valence-corrected chi connectivity index (χ4v) is 7.96. The zero-order chi connectivity index (χ0) is 54.5. The third-order valence-electron chi connectivity index (χ3n) is 12.3. The third kappa shape index (κ3) is 22.7. The average Bonchev–Trinajstić information content (AvgIpc) is 3.27. The molecule has 24 heteroatoms. The first-order valence-corrected chi connectivity index (χ1v) is 25.2. The van der Waals surface area contributed by atoms with Gasteiger partial charge in [-0.05, 0) is 39.5 Å². The van der Waals surface area contributed by atoms with E-state index in [0.29, 0.717) is 0 Å². The Morgan fingerprint density at radius 3 is 1.69 bits per heavy atom. The van der Waals surface area contributed by atoms with E-state index in [1.165, 1.54) is 13.0 Å². The maximum Gasteiger partial charge on any atom is 0.433 e. The minimum Gasteiger partial charge on any atom is -0.481 e. The number of ether oxygens (including phenoxy) is 4. The van der Waals surface area contributed by atoms with Crippen molar-refractivity contribution in [2.24, 2.45) is 23.5 Å².